The molecule has 0 unspecified atom stereocenters. The highest BCUT2D eigenvalue weighted by atomic mass is 19.1. The monoisotopic (exact) mass is 143 g/mol. The molecule has 3 rings (SSSR count). The van der Waals surface area contributed by atoms with Gasteiger partial charge in [-0.05, 0) is 19.3 Å². The van der Waals surface area contributed by atoms with E-state index >= 15 is 0 Å². The number of nitrogens with one attached hydrogen (secondary N) is 1. The topological polar surface area (TPSA) is 29.1 Å². The van der Waals surface area contributed by atoms with Crippen molar-refractivity contribution in [1.29, 1.82) is 0 Å². The number of hydrogen-bond acceptors (Lipinski definition) is 1. The van der Waals surface area contributed by atoms with Gasteiger partial charge in [0.05, 0.1) is 5.41 Å². The van der Waals surface area contributed by atoms with Crippen LogP contribution in [-0.2, 0) is 4.79 Å². The van der Waals surface area contributed by atoms with Crippen LogP contribution in [0.15, 0.2) is 0 Å². The Morgan fingerprint density at radius 3 is 2.30 bits per heavy atom. The van der Waals surface area contributed by atoms with Crippen LogP contribution in [0.25, 0.3) is 0 Å². The van der Waals surface area contributed by atoms with Gasteiger partial charge in [0, 0.05) is 7.05 Å². The lowest BCUT2D eigenvalue weighted by atomic mass is 9.42. The highest BCUT2D eigenvalue weighted by molar-refractivity contribution is 5.86. The number of halogens is 1. The van der Waals surface area contributed by atoms with Gasteiger partial charge >= 0.3 is 0 Å². The van der Waals surface area contributed by atoms with Crippen LogP contribution >= 0.6 is 0 Å². The highest BCUT2D eigenvalue weighted by Crippen LogP contribution is 2.69. The number of carbonyl (C=O) groups excluding carboxylic acids is 1. The summed E-state index contributed by atoms with van der Waals surface area (Å²) in [4.78, 5) is 11.0. The first-order valence-corrected chi connectivity index (χ1v) is 3.51. The number of amides is 1. The number of hydrogen-bond donors (Lipinski definition) is 1. The summed E-state index contributed by atoms with van der Waals surface area (Å²) >= 11 is 0. The predicted molar refractivity (Wildman–Crippen MR) is 34.2 cm³/mol. The summed E-state index contributed by atoms with van der Waals surface area (Å²) in [5.74, 6) is 0.0204. The number of rotatable bonds is 1. The molecule has 3 heteroatoms. The quantitative estimate of drug-likeness (QED) is 0.573. The van der Waals surface area contributed by atoms with Crippen molar-refractivity contribution in [3.05, 3.63) is 0 Å². The smallest absolute Gasteiger partial charge is 0.226 e. The normalized spacial score (nSPS) is 49.0. The Kier molecular flexibility index (Phi) is 0.833. The first-order valence-electron chi connectivity index (χ1n) is 3.51. The summed E-state index contributed by atoms with van der Waals surface area (Å²) in [7, 11) is 1.60. The van der Waals surface area contributed by atoms with Crippen molar-refractivity contribution in [3.8, 4) is 0 Å². The van der Waals surface area contributed by atoms with Gasteiger partial charge in [-0.25, -0.2) is 4.39 Å². The standard InChI is InChI=1S/C7H10FNO/c1-9-5(10)6-2-7(8,3-6)4-6/h2-4H2,1H3,(H,9,10). The van der Waals surface area contributed by atoms with E-state index in [0.29, 0.717) is 19.3 Å². The lowest BCUT2D eigenvalue weighted by Gasteiger charge is -2.64. The van der Waals surface area contributed by atoms with Crippen LogP contribution in [0.1, 0.15) is 19.3 Å². The molecule has 2 bridgehead atoms. The molecule has 0 atom stereocenters. The highest BCUT2D eigenvalue weighted by Gasteiger charge is 2.72. The van der Waals surface area contributed by atoms with Crippen molar-refractivity contribution in [3.63, 3.8) is 0 Å². The summed E-state index contributed by atoms with van der Waals surface area (Å²) in [6, 6.07) is 0. The molecule has 0 radical (unpaired) electrons. The zero-order valence-corrected chi connectivity index (χ0v) is 5.91. The Morgan fingerprint density at radius 2 is 2.00 bits per heavy atom. The van der Waals surface area contributed by atoms with Crippen molar-refractivity contribution in [2.24, 2.45) is 5.41 Å². The first-order chi connectivity index (χ1) is 4.60. The lowest BCUT2D eigenvalue weighted by molar-refractivity contribution is -0.213. The first kappa shape index (κ1) is 6.13. The second kappa shape index (κ2) is 1.36. The maximum atomic E-state index is 12.8. The van der Waals surface area contributed by atoms with Crippen molar-refractivity contribution in [1.82, 2.24) is 5.32 Å². The molecule has 3 aliphatic rings. The van der Waals surface area contributed by atoms with E-state index in [-0.39, 0.29) is 11.3 Å². The van der Waals surface area contributed by atoms with Gasteiger partial charge in [-0.15, -0.1) is 0 Å². The van der Waals surface area contributed by atoms with Crippen molar-refractivity contribution < 1.29 is 9.18 Å². The molecule has 0 spiro atoms. The molecule has 56 valence electrons. The molecule has 0 aliphatic heterocycles. The summed E-state index contributed by atoms with van der Waals surface area (Å²) < 4.78 is 12.8. The Bertz CT molecular complexity index is 182. The average molecular weight is 143 g/mol. The van der Waals surface area contributed by atoms with Crippen LogP contribution in [0, 0.1) is 5.41 Å². The molecular weight excluding hydrogens is 133 g/mol. The van der Waals surface area contributed by atoms with Gasteiger partial charge in [0.2, 0.25) is 5.91 Å². The summed E-state index contributed by atoms with van der Waals surface area (Å²) in [5.41, 5.74) is -1.24. The van der Waals surface area contributed by atoms with E-state index in [1.165, 1.54) is 0 Å². The third-order valence-electron chi connectivity index (χ3n) is 2.67. The summed E-state index contributed by atoms with van der Waals surface area (Å²) in [6.45, 7) is 0. The molecule has 0 aromatic heterocycles. The Labute approximate surface area is 58.8 Å². The zero-order chi connectivity index (χ0) is 7.41. The molecule has 3 aliphatic carbocycles. The van der Waals surface area contributed by atoms with E-state index in [4.69, 9.17) is 0 Å². The van der Waals surface area contributed by atoms with Crippen molar-refractivity contribution in [2.45, 2.75) is 24.9 Å². The number of alkyl halides is 1. The Hall–Kier alpha value is -0.600. The molecule has 0 aromatic carbocycles. The van der Waals surface area contributed by atoms with Crippen LogP contribution in [0.5, 0.6) is 0 Å². The van der Waals surface area contributed by atoms with Gasteiger partial charge in [-0.1, -0.05) is 0 Å². The Morgan fingerprint density at radius 1 is 1.50 bits per heavy atom. The minimum absolute atomic E-state index is 0.0204. The molecule has 0 aromatic rings. The molecule has 2 nitrogen and oxygen atoms in total. The fraction of sp³-hybridized carbons (Fsp3) is 0.857. The van der Waals surface area contributed by atoms with Gasteiger partial charge in [0.25, 0.3) is 0 Å². The third-order valence-corrected chi connectivity index (χ3v) is 2.67. The average Bonchev–Trinajstić information content (AvgIpc) is 1.77. The van der Waals surface area contributed by atoms with Crippen molar-refractivity contribution >= 4 is 5.91 Å². The molecule has 3 fully saturated rings. The summed E-state index contributed by atoms with van der Waals surface area (Å²) in [5, 5.41) is 2.56. The fourth-order valence-corrected chi connectivity index (χ4v) is 2.17. The maximum absolute atomic E-state index is 12.8. The van der Waals surface area contributed by atoms with Gasteiger partial charge < -0.3 is 5.32 Å². The van der Waals surface area contributed by atoms with Gasteiger partial charge in [0.1, 0.15) is 5.67 Å². The predicted octanol–water partition coefficient (Wildman–Crippen LogP) is 0.625. The second-order valence-corrected chi connectivity index (χ2v) is 3.54. The Balaban J connectivity index is 2.04. The van der Waals surface area contributed by atoms with E-state index in [0.717, 1.165) is 0 Å². The number of carbonyl (C=O) groups is 1. The van der Waals surface area contributed by atoms with E-state index in [1.807, 2.05) is 0 Å². The zero-order valence-electron chi connectivity index (χ0n) is 5.91. The lowest BCUT2D eigenvalue weighted by Crippen LogP contribution is -2.69. The molecular formula is C7H10FNO. The van der Waals surface area contributed by atoms with Crippen LogP contribution in [0.2, 0.25) is 0 Å². The molecule has 10 heavy (non-hydrogen) atoms. The van der Waals surface area contributed by atoms with E-state index in [1.54, 1.807) is 7.05 Å². The molecule has 1 amide bonds. The second-order valence-electron chi connectivity index (χ2n) is 3.54. The molecule has 1 N–H and O–H groups in total. The minimum atomic E-state index is -0.952. The van der Waals surface area contributed by atoms with Crippen LogP contribution in [0.3, 0.4) is 0 Å². The van der Waals surface area contributed by atoms with Crippen LogP contribution < -0.4 is 5.32 Å². The molecule has 3 saturated carbocycles. The maximum Gasteiger partial charge on any atom is 0.226 e. The van der Waals surface area contributed by atoms with Gasteiger partial charge in [-0.2, -0.15) is 0 Å². The molecule has 0 heterocycles. The van der Waals surface area contributed by atoms with Crippen LogP contribution in [0.4, 0.5) is 4.39 Å². The summed E-state index contributed by atoms with van der Waals surface area (Å²) in [6.07, 6.45) is 1.37. The van der Waals surface area contributed by atoms with E-state index < -0.39 is 5.67 Å². The third kappa shape index (κ3) is 0.470. The van der Waals surface area contributed by atoms with Gasteiger partial charge in [-0.3, -0.25) is 4.79 Å². The van der Waals surface area contributed by atoms with Crippen molar-refractivity contribution in [2.75, 3.05) is 7.05 Å². The van der Waals surface area contributed by atoms with Crippen LogP contribution in [-0.4, -0.2) is 18.6 Å². The molecule has 0 saturated heterocycles. The van der Waals surface area contributed by atoms with E-state index in [2.05, 4.69) is 5.32 Å². The fourth-order valence-electron chi connectivity index (χ4n) is 2.17. The largest absolute Gasteiger partial charge is 0.359 e. The van der Waals surface area contributed by atoms with Gasteiger partial charge in [0.15, 0.2) is 0 Å². The minimum Gasteiger partial charge on any atom is -0.359 e. The van der Waals surface area contributed by atoms with E-state index in [9.17, 15) is 9.18 Å². The SMILES string of the molecule is CNC(=O)C12CC(F)(C1)C2.